The number of rotatable bonds is 11. The van der Waals surface area contributed by atoms with Gasteiger partial charge in [-0.05, 0) is 35.0 Å². The molecular formula is C58H86O43S. The molecule has 0 saturated carbocycles. The van der Waals surface area contributed by atoms with Crippen molar-refractivity contribution in [1.29, 1.82) is 0 Å². The Balaban J connectivity index is 0.881. The maximum Gasteiger partial charge on any atom is 0.294 e. The van der Waals surface area contributed by atoms with Gasteiger partial charge in [-0.1, -0.05) is 12.1 Å². The molecule has 0 aromatic heterocycles. The van der Waals surface area contributed by atoms with Crippen LogP contribution in [0.25, 0.3) is 10.8 Å². The van der Waals surface area contributed by atoms with Gasteiger partial charge in [0, 0.05) is 0 Å². The molecule has 30 aliphatic heterocycles. The quantitative estimate of drug-likeness (QED) is 0.0929. The Morgan fingerprint density at radius 1 is 0.265 bits per heavy atom. The van der Waals surface area contributed by atoms with Crippen LogP contribution >= 0.6 is 0 Å². The highest BCUT2D eigenvalue weighted by atomic mass is 32.2. The number of fused-ring (bicyclic) bond motifs is 1. The van der Waals surface area contributed by atoms with Gasteiger partial charge in [0.25, 0.3) is 10.1 Å². The van der Waals surface area contributed by atoms with Gasteiger partial charge in [-0.15, -0.1) is 0 Å². The van der Waals surface area contributed by atoms with Crippen molar-refractivity contribution in [2.45, 2.75) is 251 Å². The smallest absolute Gasteiger partial charge is 0.294 e. The summed E-state index contributed by atoms with van der Waals surface area (Å²) in [6.07, 6.45) is -83.9. The van der Waals surface area contributed by atoms with Crippen LogP contribution in [-0.4, -0.2) is 429 Å². The van der Waals surface area contributed by atoms with Gasteiger partial charge in [0.05, 0.1) is 51.1 Å². The summed E-state index contributed by atoms with van der Waals surface area (Å²) in [5.74, 6) is -0.0572. The van der Waals surface area contributed by atoms with Gasteiger partial charge in [0.15, 0.2) is 50.3 Å². The first-order valence-corrected chi connectivity index (χ1v) is 33.7. The molecule has 0 radical (unpaired) electrons. The molecule has 0 amide bonds. The van der Waals surface area contributed by atoms with E-state index in [2.05, 4.69) is 0 Å². The molecule has 16 bridgehead atoms. The molecule has 32 rings (SSSR count). The Hall–Kier alpha value is -3.15. The standard InChI is InChI=1S/C58H86O43S/c59-7-19-43-27(66)35(74)51(86-19)95-44-20(8-60)88-53(37(76)29(44)68)97-46-22(10-62)90-55(39(78)31(46)70)99-48-24(12-64)92-57(41(80)33(48)72)101-50-26(14-85-17-3-1-15-2-4-18(102(82,83)84)6-16(15)5-17)93-58(42(81)34(50)73)100-49-25(13-65)91-56(40(79)32(49)71)98-47-23(11-63)89-54(38(77)30(47)69)96-45-21(9-61)87-52(94-43)36(75)28(45)67/h1-6,19-81H,7-14H2,(H,82,83,84)/t19-,20-,21-,22-,23-,24-,25-,26-,27-,28-,29-,30-,31-,32-,33-,34-,35-,36-,37-,38-,39-,40-,41-,42-,43-,44-,45-,46-,47-,48-,49-,50-,51-,52-,53-,54-,55-,56-,57-,58-/m1/s1. The first-order valence-electron chi connectivity index (χ1n) is 32.3. The third kappa shape index (κ3) is 16.0. The highest BCUT2D eigenvalue weighted by Crippen LogP contribution is 2.40. The molecule has 2 aromatic carbocycles. The van der Waals surface area contributed by atoms with Crippen molar-refractivity contribution >= 4 is 20.9 Å². The van der Waals surface area contributed by atoms with E-state index in [1.54, 1.807) is 0 Å². The number of benzene rings is 2. The molecule has 102 heavy (non-hydrogen) atoms. The molecule has 43 nitrogen and oxygen atoms in total. The van der Waals surface area contributed by atoms with Crippen LogP contribution in [-0.2, 0) is 85.9 Å². The van der Waals surface area contributed by atoms with Gasteiger partial charge in [0.1, 0.15) is 208 Å². The van der Waals surface area contributed by atoms with Gasteiger partial charge in [-0.2, -0.15) is 8.42 Å². The summed E-state index contributed by atoms with van der Waals surface area (Å²) < 4.78 is 133. The highest BCUT2D eigenvalue weighted by Gasteiger charge is 2.60. The molecule has 582 valence electrons. The van der Waals surface area contributed by atoms with Gasteiger partial charge in [0.2, 0.25) is 0 Å². The molecule has 30 heterocycles. The van der Waals surface area contributed by atoms with Crippen LogP contribution in [0.5, 0.6) is 5.75 Å². The predicted octanol–water partition coefficient (Wildman–Crippen LogP) is -14.9. The van der Waals surface area contributed by atoms with Crippen LogP contribution in [0, 0.1) is 0 Å². The molecule has 0 spiro atoms. The summed E-state index contributed by atoms with van der Waals surface area (Å²) >= 11 is 0. The topological polar surface area (TPSA) is 677 Å². The van der Waals surface area contributed by atoms with Crippen molar-refractivity contribution in [2.24, 2.45) is 0 Å². The lowest BCUT2D eigenvalue weighted by Crippen LogP contribution is -2.69. The third-order valence-electron chi connectivity index (χ3n) is 19.2. The SMILES string of the molecule is O=S(=O)(O)c1ccc2ccc(OC[C@H]3O[C@@H]4O[C@H]5[C@H](O)[C@@H](O)[C@@H](O[C@H]6[C@H](O)[C@@H](O)[C@@H](O[C@H]7[C@H](O)[C@@H](O)[C@@H](O[C@H]8[C@H](O)[C@@H](O)[C@@H](O[C@H]9[C@H](O)[C@@H](O)[C@@H](O[C@H]%10[C@H](O)[C@@H](O)[C@@H](O[C@H]%11[C@H](O)[C@@H](O)[C@@H](O[C@H]3[C@H](O)[C@H]4O)O[C@@H]%11CO)O[C@@H]%10CO)O[C@@H]9CO)O[C@@H]8CO)O[C@@H]7CO)O[C@@H]6CO)O[C@@H]5CO)cc2c1. The summed E-state index contributed by atoms with van der Waals surface area (Å²) in [5.41, 5.74) is 0. The van der Waals surface area contributed by atoms with Crippen LogP contribution in [0.3, 0.4) is 0 Å². The summed E-state index contributed by atoms with van der Waals surface area (Å²) in [6, 6.07) is 7.79. The predicted molar refractivity (Wildman–Crippen MR) is 313 cm³/mol. The lowest BCUT2D eigenvalue weighted by Gasteiger charge is -2.50. The fourth-order valence-corrected chi connectivity index (χ4v) is 14.0. The highest BCUT2D eigenvalue weighted by molar-refractivity contribution is 7.85. The molecule has 30 saturated heterocycles. The van der Waals surface area contributed by atoms with Crippen LogP contribution in [0.4, 0.5) is 0 Å². The van der Waals surface area contributed by atoms with E-state index in [0.29, 0.717) is 5.39 Å². The normalized spacial score (nSPS) is 49.5. The second-order valence-corrected chi connectivity index (χ2v) is 27.2. The largest absolute Gasteiger partial charge is 0.491 e. The first kappa shape index (κ1) is 79.9. The lowest BCUT2D eigenvalue weighted by atomic mass is 9.94. The van der Waals surface area contributed by atoms with E-state index in [1.807, 2.05) is 0 Å². The average Bonchev–Trinajstić information content (AvgIpc) is 0.775. The van der Waals surface area contributed by atoms with Crippen LogP contribution < -0.4 is 4.74 Å². The monoisotopic (exact) mass is 1500 g/mol. The van der Waals surface area contributed by atoms with Crippen molar-refractivity contribution in [1.82, 2.24) is 0 Å². The molecule has 30 aliphatic rings. The fraction of sp³-hybridized carbons (Fsp3) is 0.828. The number of ether oxygens (including phenoxy) is 17. The summed E-state index contributed by atoms with van der Waals surface area (Å²) in [5, 5.41) is 260. The molecule has 30 fully saturated rings. The van der Waals surface area contributed by atoms with E-state index >= 15 is 0 Å². The molecule has 44 heteroatoms. The number of hydrogen-bond donors (Lipinski definition) is 24. The number of aliphatic hydroxyl groups is 23. The maximum atomic E-state index is 12.0. The second kappa shape index (κ2) is 33.4. The molecular weight excluding hydrogens is 1420 g/mol. The molecule has 0 unspecified atom stereocenters. The van der Waals surface area contributed by atoms with Crippen molar-refractivity contribution in [3.05, 3.63) is 36.4 Å². The zero-order chi connectivity index (χ0) is 73.8. The Labute approximate surface area is 575 Å². The summed E-state index contributed by atoms with van der Waals surface area (Å²) in [7, 11) is -4.71. The van der Waals surface area contributed by atoms with Crippen molar-refractivity contribution in [2.75, 3.05) is 52.9 Å². The fourth-order valence-electron chi connectivity index (χ4n) is 13.5. The van der Waals surface area contributed by atoms with E-state index in [-0.39, 0.29) is 11.1 Å². The Kier molecular flexibility index (Phi) is 26.1. The van der Waals surface area contributed by atoms with Gasteiger partial charge < -0.3 is 198 Å². The zero-order valence-corrected chi connectivity index (χ0v) is 53.9. The molecule has 2 aromatic rings. The lowest BCUT2D eigenvalue weighted by molar-refractivity contribution is -0.404. The Bertz CT molecular complexity index is 3110. The summed E-state index contributed by atoms with van der Waals surface area (Å²) in [6.45, 7) is -8.57. The Morgan fingerprint density at radius 3 is 0.686 bits per heavy atom. The van der Waals surface area contributed by atoms with Crippen LogP contribution in [0.2, 0.25) is 0 Å². The summed E-state index contributed by atoms with van der Waals surface area (Å²) in [4.78, 5) is -0.498. The average molecular weight is 1500 g/mol. The van der Waals surface area contributed by atoms with E-state index in [0.717, 1.165) is 12.1 Å². The number of aliphatic hydroxyl groups excluding tert-OH is 23. The minimum absolute atomic E-state index is 0.0572. The minimum Gasteiger partial charge on any atom is -0.491 e. The molecule has 0 aliphatic carbocycles. The molecule has 40 atom stereocenters. The van der Waals surface area contributed by atoms with E-state index < -0.39 is 314 Å². The molecule has 24 N–H and O–H groups in total. The van der Waals surface area contributed by atoms with Crippen molar-refractivity contribution in [3.63, 3.8) is 0 Å². The van der Waals surface area contributed by atoms with E-state index in [1.165, 1.54) is 24.3 Å². The number of hydrogen-bond acceptors (Lipinski definition) is 42. The van der Waals surface area contributed by atoms with Crippen LogP contribution in [0.1, 0.15) is 0 Å². The Morgan fingerprint density at radius 2 is 0.471 bits per heavy atom. The zero-order valence-electron chi connectivity index (χ0n) is 53.1. The minimum atomic E-state index is -4.71. The maximum absolute atomic E-state index is 12.0. The van der Waals surface area contributed by atoms with Crippen LogP contribution in [0.15, 0.2) is 41.3 Å². The van der Waals surface area contributed by atoms with Crippen molar-refractivity contribution in [3.8, 4) is 5.75 Å². The van der Waals surface area contributed by atoms with Gasteiger partial charge >= 0.3 is 0 Å². The first-order chi connectivity index (χ1) is 48.5. The second-order valence-electron chi connectivity index (χ2n) is 25.7. The third-order valence-corrected chi connectivity index (χ3v) is 20.1. The van der Waals surface area contributed by atoms with Gasteiger partial charge in [-0.3, -0.25) is 4.55 Å². The van der Waals surface area contributed by atoms with Crippen molar-refractivity contribution < 1.29 is 211 Å². The van der Waals surface area contributed by atoms with E-state index in [4.69, 9.17) is 80.5 Å². The van der Waals surface area contributed by atoms with Gasteiger partial charge in [-0.25, -0.2) is 0 Å². The van der Waals surface area contributed by atoms with E-state index in [9.17, 15) is 130 Å².